The number of rotatable bonds is 4. The molecule has 154 valence electrons. The minimum Gasteiger partial charge on any atom is -0.383 e. The summed E-state index contributed by atoms with van der Waals surface area (Å²) in [5.74, 6) is -0.438. The Labute approximate surface area is 169 Å². The Bertz CT molecular complexity index is 939. The smallest absolute Gasteiger partial charge is 0.275 e. The second-order valence-electron chi connectivity index (χ2n) is 7.59. The molecule has 0 bridgehead atoms. The van der Waals surface area contributed by atoms with Gasteiger partial charge in [-0.25, -0.2) is 0 Å². The highest BCUT2D eigenvalue weighted by Crippen LogP contribution is 2.33. The number of carbonyl (C=O) groups is 2. The molecule has 2 aliphatic rings. The number of aromatic nitrogens is 2. The van der Waals surface area contributed by atoms with Crippen LogP contribution in [0.1, 0.15) is 47.3 Å². The predicted molar refractivity (Wildman–Crippen MR) is 107 cm³/mol. The van der Waals surface area contributed by atoms with Crippen LogP contribution in [0, 0.1) is 0 Å². The number of methoxy groups -OCH3 is 1. The molecular weight excluding hydrogens is 372 g/mol. The number of nitrogens with one attached hydrogen (secondary N) is 1. The fourth-order valence-corrected chi connectivity index (χ4v) is 4.14. The molecule has 1 N–H and O–H groups in total. The van der Waals surface area contributed by atoms with Gasteiger partial charge in [-0.3, -0.25) is 14.3 Å². The number of ether oxygens (including phenoxy) is 2. The van der Waals surface area contributed by atoms with Gasteiger partial charge in [-0.2, -0.15) is 5.10 Å². The Morgan fingerprint density at radius 2 is 2.10 bits per heavy atom. The van der Waals surface area contributed by atoms with Crippen molar-refractivity contribution < 1.29 is 19.1 Å². The summed E-state index contributed by atoms with van der Waals surface area (Å²) >= 11 is 0. The molecule has 8 heteroatoms. The lowest BCUT2D eigenvalue weighted by molar-refractivity contribution is -0.116. The summed E-state index contributed by atoms with van der Waals surface area (Å²) in [6.07, 6.45) is 0.453. The van der Waals surface area contributed by atoms with E-state index in [-0.39, 0.29) is 30.6 Å². The molecule has 0 spiro atoms. The number of carbonyl (C=O) groups excluding carboxylic acids is 2. The first-order chi connectivity index (χ1) is 14.0. The summed E-state index contributed by atoms with van der Waals surface area (Å²) in [5.41, 5.74) is 3.89. The molecule has 1 aromatic carbocycles. The molecule has 0 unspecified atom stereocenters. The Hall–Kier alpha value is -2.71. The van der Waals surface area contributed by atoms with Crippen LogP contribution in [0.4, 0.5) is 5.69 Å². The SMILES string of the molecule is COCCn1nc(C(=O)N2CC(=O)Nc3ccccc3C2)c2c1[C@H](C)O[C@H](C)C2. The van der Waals surface area contributed by atoms with Gasteiger partial charge in [0.2, 0.25) is 5.91 Å². The first kappa shape index (κ1) is 19.6. The predicted octanol–water partition coefficient (Wildman–Crippen LogP) is 2.15. The van der Waals surface area contributed by atoms with E-state index in [4.69, 9.17) is 9.47 Å². The number of nitrogens with zero attached hydrogens (tertiary/aromatic N) is 3. The fourth-order valence-electron chi connectivity index (χ4n) is 4.14. The second kappa shape index (κ2) is 7.96. The van der Waals surface area contributed by atoms with E-state index in [0.29, 0.717) is 31.8 Å². The number of anilines is 1. The van der Waals surface area contributed by atoms with E-state index in [1.807, 2.05) is 42.8 Å². The van der Waals surface area contributed by atoms with Crippen LogP contribution in [-0.2, 0) is 33.8 Å². The van der Waals surface area contributed by atoms with Crippen molar-refractivity contribution in [2.75, 3.05) is 25.6 Å². The van der Waals surface area contributed by atoms with E-state index in [9.17, 15) is 9.59 Å². The number of para-hydroxylation sites is 1. The summed E-state index contributed by atoms with van der Waals surface area (Å²) < 4.78 is 13.0. The summed E-state index contributed by atoms with van der Waals surface area (Å²) in [7, 11) is 1.64. The monoisotopic (exact) mass is 398 g/mol. The molecule has 0 saturated carbocycles. The lowest BCUT2D eigenvalue weighted by Gasteiger charge is -2.27. The minimum atomic E-state index is -0.231. The van der Waals surface area contributed by atoms with Crippen molar-refractivity contribution >= 4 is 17.5 Å². The molecule has 0 aliphatic carbocycles. The molecule has 8 nitrogen and oxygen atoms in total. The van der Waals surface area contributed by atoms with Crippen LogP contribution < -0.4 is 5.32 Å². The normalized spacial score (nSPS) is 21.2. The zero-order chi connectivity index (χ0) is 20.5. The average molecular weight is 398 g/mol. The summed E-state index contributed by atoms with van der Waals surface area (Å²) in [6.45, 7) is 5.35. The molecule has 0 saturated heterocycles. The van der Waals surface area contributed by atoms with Crippen molar-refractivity contribution in [1.29, 1.82) is 0 Å². The molecule has 2 atom stereocenters. The zero-order valence-electron chi connectivity index (χ0n) is 17.0. The molecule has 29 heavy (non-hydrogen) atoms. The van der Waals surface area contributed by atoms with Crippen molar-refractivity contribution in [2.24, 2.45) is 0 Å². The molecule has 1 aromatic heterocycles. The summed E-state index contributed by atoms with van der Waals surface area (Å²) in [4.78, 5) is 27.4. The van der Waals surface area contributed by atoms with E-state index < -0.39 is 0 Å². The lowest BCUT2D eigenvalue weighted by Crippen LogP contribution is -2.36. The van der Waals surface area contributed by atoms with Gasteiger partial charge in [0.25, 0.3) is 5.91 Å². The maximum atomic E-state index is 13.5. The highest BCUT2D eigenvalue weighted by molar-refractivity contribution is 6.00. The number of amides is 2. The molecule has 2 aliphatic heterocycles. The van der Waals surface area contributed by atoms with Crippen molar-refractivity contribution in [2.45, 2.75) is 45.6 Å². The van der Waals surface area contributed by atoms with Crippen LogP contribution >= 0.6 is 0 Å². The average Bonchev–Trinajstić information content (AvgIpc) is 2.95. The van der Waals surface area contributed by atoms with Gasteiger partial charge in [0, 0.05) is 31.3 Å². The zero-order valence-corrected chi connectivity index (χ0v) is 17.0. The highest BCUT2D eigenvalue weighted by atomic mass is 16.5. The highest BCUT2D eigenvalue weighted by Gasteiger charge is 2.35. The maximum Gasteiger partial charge on any atom is 0.275 e. The Morgan fingerprint density at radius 1 is 1.31 bits per heavy atom. The van der Waals surface area contributed by atoms with Crippen LogP contribution in [0.5, 0.6) is 0 Å². The van der Waals surface area contributed by atoms with Crippen molar-refractivity contribution in [1.82, 2.24) is 14.7 Å². The third-order valence-corrected chi connectivity index (χ3v) is 5.39. The largest absolute Gasteiger partial charge is 0.383 e. The number of fused-ring (bicyclic) bond motifs is 2. The van der Waals surface area contributed by atoms with Gasteiger partial charge in [0.05, 0.1) is 31.1 Å². The van der Waals surface area contributed by atoms with Crippen LogP contribution in [-0.4, -0.2) is 52.9 Å². The number of hydrogen-bond acceptors (Lipinski definition) is 5. The quantitative estimate of drug-likeness (QED) is 0.853. The van der Waals surface area contributed by atoms with Gasteiger partial charge in [-0.15, -0.1) is 0 Å². The summed E-state index contributed by atoms with van der Waals surface area (Å²) in [6, 6.07) is 7.54. The number of hydrogen-bond donors (Lipinski definition) is 1. The first-order valence-corrected chi connectivity index (χ1v) is 9.89. The molecule has 4 rings (SSSR count). The fraction of sp³-hybridized carbons (Fsp3) is 0.476. The first-order valence-electron chi connectivity index (χ1n) is 9.89. The van der Waals surface area contributed by atoms with Crippen LogP contribution in [0.15, 0.2) is 24.3 Å². The van der Waals surface area contributed by atoms with Gasteiger partial charge >= 0.3 is 0 Å². The molecule has 0 fully saturated rings. The van der Waals surface area contributed by atoms with Crippen molar-refractivity contribution in [3.8, 4) is 0 Å². The van der Waals surface area contributed by atoms with Gasteiger partial charge in [-0.05, 0) is 25.5 Å². The van der Waals surface area contributed by atoms with Crippen molar-refractivity contribution in [3.05, 3.63) is 46.8 Å². The standard InChI is InChI=1S/C21H26N4O4/c1-13-10-16-19(23-25(8-9-28-3)20(16)14(2)29-13)21(27)24-11-15-6-4-5-7-17(15)22-18(26)12-24/h4-7,13-14H,8-12H2,1-3H3,(H,22,26)/t13-,14+/m1/s1. The number of benzene rings is 1. The van der Waals surface area contributed by atoms with E-state index in [1.165, 1.54) is 0 Å². The molecule has 3 heterocycles. The molecule has 2 amide bonds. The van der Waals surface area contributed by atoms with Gasteiger partial charge < -0.3 is 19.7 Å². The topological polar surface area (TPSA) is 85.7 Å². The van der Waals surface area contributed by atoms with Crippen LogP contribution in [0.2, 0.25) is 0 Å². The van der Waals surface area contributed by atoms with Crippen molar-refractivity contribution in [3.63, 3.8) is 0 Å². The van der Waals surface area contributed by atoms with Crippen LogP contribution in [0.25, 0.3) is 0 Å². The lowest BCUT2D eigenvalue weighted by atomic mass is 9.99. The van der Waals surface area contributed by atoms with Gasteiger partial charge in [-0.1, -0.05) is 18.2 Å². The van der Waals surface area contributed by atoms with E-state index in [2.05, 4.69) is 10.4 Å². The minimum absolute atomic E-state index is 0.00252. The van der Waals surface area contributed by atoms with Gasteiger partial charge in [0.15, 0.2) is 5.69 Å². The van der Waals surface area contributed by atoms with Gasteiger partial charge in [0.1, 0.15) is 6.54 Å². The third kappa shape index (κ3) is 3.77. The van der Waals surface area contributed by atoms with E-state index in [0.717, 1.165) is 22.5 Å². The van der Waals surface area contributed by atoms with Crippen LogP contribution in [0.3, 0.4) is 0 Å². The molecular formula is C21H26N4O4. The Morgan fingerprint density at radius 3 is 2.90 bits per heavy atom. The maximum absolute atomic E-state index is 13.5. The molecule has 0 radical (unpaired) electrons. The third-order valence-electron chi connectivity index (χ3n) is 5.39. The molecule has 2 aromatic rings. The summed E-state index contributed by atoms with van der Waals surface area (Å²) in [5, 5.41) is 7.51. The van der Waals surface area contributed by atoms with E-state index >= 15 is 0 Å². The Kier molecular flexibility index (Phi) is 5.38. The van der Waals surface area contributed by atoms with E-state index in [1.54, 1.807) is 12.0 Å². The second-order valence-corrected chi connectivity index (χ2v) is 7.59. The Balaban J connectivity index is 1.70.